The molecular formula is C18H18N2O3. The molecule has 1 atom stereocenters. The molecule has 23 heavy (non-hydrogen) atoms. The maximum Gasteiger partial charge on any atom is 0.251 e. The Morgan fingerprint density at radius 3 is 2.78 bits per heavy atom. The van der Waals surface area contributed by atoms with Crippen molar-refractivity contribution in [1.82, 2.24) is 5.32 Å². The summed E-state index contributed by atoms with van der Waals surface area (Å²) in [6, 6.07) is 14.6. The van der Waals surface area contributed by atoms with E-state index in [2.05, 4.69) is 10.6 Å². The van der Waals surface area contributed by atoms with Crippen molar-refractivity contribution in [3.05, 3.63) is 59.7 Å². The molecule has 0 saturated heterocycles. The van der Waals surface area contributed by atoms with E-state index >= 15 is 0 Å². The normalized spacial score (nSPS) is 16.0. The largest absolute Gasteiger partial charge is 0.491 e. The predicted octanol–water partition coefficient (Wildman–Crippen LogP) is 2.38. The van der Waals surface area contributed by atoms with Crippen LogP contribution in [0.4, 0.5) is 5.69 Å². The first kappa shape index (κ1) is 15.1. The van der Waals surface area contributed by atoms with E-state index in [-0.39, 0.29) is 17.9 Å². The van der Waals surface area contributed by atoms with Gasteiger partial charge in [-0.3, -0.25) is 9.59 Å². The molecule has 5 heteroatoms. The highest BCUT2D eigenvalue weighted by molar-refractivity contribution is 5.97. The Morgan fingerprint density at radius 1 is 1.13 bits per heavy atom. The van der Waals surface area contributed by atoms with Gasteiger partial charge in [0.15, 0.2) is 0 Å². The summed E-state index contributed by atoms with van der Waals surface area (Å²) in [5.74, 6) is 0.538. The Hall–Kier alpha value is -2.82. The fraction of sp³-hybridized carbons (Fsp3) is 0.222. The molecule has 0 aromatic heterocycles. The topological polar surface area (TPSA) is 67.4 Å². The average molecular weight is 310 g/mol. The number of amides is 2. The monoisotopic (exact) mass is 310 g/mol. The zero-order valence-corrected chi connectivity index (χ0v) is 12.8. The third kappa shape index (κ3) is 3.69. The van der Waals surface area contributed by atoms with Gasteiger partial charge in [0.25, 0.3) is 5.91 Å². The Bertz CT molecular complexity index is 743. The first-order valence-corrected chi connectivity index (χ1v) is 7.51. The molecule has 2 amide bonds. The minimum atomic E-state index is -0.176. The number of hydrogen-bond donors (Lipinski definition) is 2. The SMILES string of the molecule is CC(=O)Nc1cccc(C(=O)NC2COc3ccccc3C2)c1. The van der Waals surface area contributed by atoms with Gasteiger partial charge in [-0.25, -0.2) is 0 Å². The molecule has 1 heterocycles. The Labute approximate surface area is 134 Å². The van der Waals surface area contributed by atoms with Gasteiger partial charge >= 0.3 is 0 Å². The summed E-state index contributed by atoms with van der Waals surface area (Å²) < 4.78 is 5.68. The number of hydrogen-bond acceptors (Lipinski definition) is 3. The molecule has 2 N–H and O–H groups in total. The molecule has 1 unspecified atom stereocenters. The lowest BCUT2D eigenvalue weighted by Gasteiger charge is -2.26. The smallest absolute Gasteiger partial charge is 0.251 e. The summed E-state index contributed by atoms with van der Waals surface area (Å²) >= 11 is 0. The molecule has 0 fully saturated rings. The van der Waals surface area contributed by atoms with E-state index in [0.717, 1.165) is 17.7 Å². The highest BCUT2D eigenvalue weighted by Gasteiger charge is 2.21. The third-order valence-electron chi connectivity index (χ3n) is 3.66. The summed E-state index contributed by atoms with van der Waals surface area (Å²) in [5, 5.41) is 5.65. The van der Waals surface area contributed by atoms with Gasteiger partial charge in [-0.05, 0) is 36.2 Å². The number of anilines is 1. The number of rotatable bonds is 3. The van der Waals surface area contributed by atoms with Gasteiger partial charge in [0.05, 0.1) is 6.04 Å². The standard InChI is InChI=1S/C18H18N2O3/c1-12(21)19-15-7-4-6-14(10-15)18(22)20-16-9-13-5-2-3-8-17(13)23-11-16/h2-8,10,16H,9,11H2,1H3,(H,19,21)(H,20,22). The molecule has 3 rings (SSSR count). The van der Waals surface area contributed by atoms with Crippen molar-refractivity contribution < 1.29 is 14.3 Å². The number of benzene rings is 2. The molecule has 118 valence electrons. The molecule has 0 saturated carbocycles. The first-order chi connectivity index (χ1) is 11.1. The van der Waals surface area contributed by atoms with Crippen LogP contribution in [0.15, 0.2) is 48.5 Å². The molecule has 2 aromatic rings. The van der Waals surface area contributed by atoms with Crippen LogP contribution < -0.4 is 15.4 Å². The second-order valence-electron chi connectivity index (χ2n) is 5.56. The second-order valence-corrected chi connectivity index (χ2v) is 5.56. The maximum atomic E-state index is 12.4. The van der Waals surface area contributed by atoms with Crippen molar-refractivity contribution in [3.8, 4) is 5.75 Å². The van der Waals surface area contributed by atoms with Gasteiger partial charge in [0.2, 0.25) is 5.91 Å². The van der Waals surface area contributed by atoms with Gasteiger partial charge < -0.3 is 15.4 Å². The second kappa shape index (κ2) is 6.52. The molecule has 5 nitrogen and oxygen atoms in total. The quantitative estimate of drug-likeness (QED) is 0.914. The van der Waals surface area contributed by atoms with E-state index in [1.54, 1.807) is 24.3 Å². The summed E-state index contributed by atoms with van der Waals surface area (Å²) in [6.45, 7) is 1.89. The lowest BCUT2D eigenvalue weighted by molar-refractivity contribution is -0.114. The number of carbonyl (C=O) groups excluding carboxylic acids is 2. The fourth-order valence-electron chi connectivity index (χ4n) is 2.63. The van der Waals surface area contributed by atoms with Crippen molar-refractivity contribution in [1.29, 1.82) is 0 Å². The molecular weight excluding hydrogens is 292 g/mol. The predicted molar refractivity (Wildman–Crippen MR) is 87.6 cm³/mol. The minimum Gasteiger partial charge on any atom is -0.491 e. The van der Waals surface area contributed by atoms with Crippen molar-refractivity contribution in [2.75, 3.05) is 11.9 Å². The zero-order valence-electron chi connectivity index (χ0n) is 12.8. The summed E-state index contributed by atoms with van der Waals surface area (Å²) in [7, 11) is 0. The van der Waals surface area contributed by atoms with Gasteiger partial charge in [-0.2, -0.15) is 0 Å². The highest BCUT2D eigenvalue weighted by atomic mass is 16.5. The first-order valence-electron chi connectivity index (χ1n) is 7.51. The van der Waals surface area contributed by atoms with E-state index in [1.807, 2.05) is 24.3 Å². The molecule has 0 bridgehead atoms. The van der Waals surface area contributed by atoms with Gasteiger partial charge in [0, 0.05) is 18.2 Å². The summed E-state index contributed by atoms with van der Waals surface area (Å²) in [6.07, 6.45) is 0.743. The van der Waals surface area contributed by atoms with Crippen LogP contribution in [0, 0.1) is 0 Å². The van der Waals surface area contributed by atoms with Crippen LogP contribution >= 0.6 is 0 Å². The Morgan fingerprint density at radius 2 is 1.96 bits per heavy atom. The van der Waals surface area contributed by atoms with Crippen molar-refractivity contribution in [2.45, 2.75) is 19.4 Å². The molecule has 1 aliphatic rings. The molecule has 0 aliphatic carbocycles. The zero-order chi connectivity index (χ0) is 16.2. The lowest BCUT2D eigenvalue weighted by Crippen LogP contribution is -2.42. The van der Waals surface area contributed by atoms with E-state index < -0.39 is 0 Å². The van der Waals surface area contributed by atoms with Crippen molar-refractivity contribution in [3.63, 3.8) is 0 Å². The van der Waals surface area contributed by atoms with Crippen molar-refractivity contribution in [2.24, 2.45) is 0 Å². The summed E-state index contributed by atoms with van der Waals surface area (Å²) in [4.78, 5) is 23.5. The average Bonchev–Trinajstić information content (AvgIpc) is 2.54. The third-order valence-corrected chi connectivity index (χ3v) is 3.66. The van der Waals surface area contributed by atoms with Gasteiger partial charge in [-0.15, -0.1) is 0 Å². The van der Waals surface area contributed by atoms with Crippen LogP contribution in [-0.2, 0) is 11.2 Å². The van der Waals surface area contributed by atoms with Crippen LogP contribution in [0.2, 0.25) is 0 Å². The Balaban J connectivity index is 1.67. The molecule has 0 spiro atoms. The fourth-order valence-corrected chi connectivity index (χ4v) is 2.63. The number of para-hydroxylation sites is 1. The molecule has 0 radical (unpaired) electrons. The van der Waals surface area contributed by atoms with Crippen molar-refractivity contribution >= 4 is 17.5 Å². The number of ether oxygens (including phenoxy) is 1. The summed E-state index contributed by atoms with van der Waals surface area (Å²) in [5.41, 5.74) is 2.21. The number of carbonyl (C=O) groups is 2. The maximum absolute atomic E-state index is 12.4. The molecule has 2 aromatic carbocycles. The molecule has 1 aliphatic heterocycles. The Kier molecular flexibility index (Phi) is 4.28. The van der Waals surface area contributed by atoms with Crippen LogP contribution in [0.5, 0.6) is 5.75 Å². The van der Waals surface area contributed by atoms with Crippen LogP contribution in [-0.4, -0.2) is 24.5 Å². The van der Waals surface area contributed by atoms with Crippen LogP contribution in [0.3, 0.4) is 0 Å². The van der Waals surface area contributed by atoms with E-state index in [4.69, 9.17) is 4.74 Å². The minimum absolute atomic E-state index is 0.0678. The number of fused-ring (bicyclic) bond motifs is 1. The van der Waals surface area contributed by atoms with E-state index in [9.17, 15) is 9.59 Å². The van der Waals surface area contributed by atoms with Crippen LogP contribution in [0.1, 0.15) is 22.8 Å². The van der Waals surface area contributed by atoms with E-state index in [0.29, 0.717) is 17.9 Å². The van der Waals surface area contributed by atoms with Gasteiger partial charge in [-0.1, -0.05) is 24.3 Å². The van der Waals surface area contributed by atoms with E-state index in [1.165, 1.54) is 6.92 Å². The highest BCUT2D eigenvalue weighted by Crippen LogP contribution is 2.24. The number of nitrogens with one attached hydrogen (secondary N) is 2. The van der Waals surface area contributed by atoms with Crippen LogP contribution in [0.25, 0.3) is 0 Å². The lowest BCUT2D eigenvalue weighted by atomic mass is 10.0. The van der Waals surface area contributed by atoms with Gasteiger partial charge in [0.1, 0.15) is 12.4 Å².